The smallest absolute Gasteiger partial charge is 0.321 e. The van der Waals surface area contributed by atoms with Gasteiger partial charge in [0.2, 0.25) is 5.91 Å². The highest BCUT2D eigenvalue weighted by molar-refractivity contribution is 6.03. The lowest BCUT2D eigenvalue weighted by Crippen LogP contribution is -2.52. The van der Waals surface area contributed by atoms with Crippen LogP contribution in [0.3, 0.4) is 0 Å². The van der Waals surface area contributed by atoms with Gasteiger partial charge in [0.25, 0.3) is 0 Å². The first-order valence-corrected chi connectivity index (χ1v) is 5.23. The van der Waals surface area contributed by atoms with E-state index in [-0.39, 0.29) is 11.9 Å². The minimum absolute atomic E-state index is 0.0643. The van der Waals surface area contributed by atoms with E-state index in [1.165, 1.54) is 7.11 Å². The Hall–Kier alpha value is -1.32. The number of amides is 1. The fourth-order valence-electron chi connectivity index (χ4n) is 2.40. The molecule has 0 saturated carbocycles. The molecule has 4 heteroatoms. The Morgan fingerprint density at radius 2 is 2.33 bits per heavy atom. The molecule has 2 bridgehead atoms. The fourth-order valence-corrected chi connectivity index (χ4v) is 2.40. The number of ether oxygens (including phenoxy) is 1. The van der Waals surface area contributed by atoms with Crippen molar-refractivity contribution in [3.05, 3.63) is 12.2 Å². The number of carbonyl (C=O) groups excluding carboxylic acids is 2. The summed E-state index contributed by atoms with van der Waals surface area (Å²) in [7, 11) is 1.35. The van der Waals surface area contributed by atoms with Gasteiger partial charge < -0.3 is 9.64 Å². The average Bonchev–Trinajstić information content (AvgIpc) is 2.38. The second-order valence-electron chi connectivity index (χ2n) is 4.10. The number of esters is 1. The summed E-state index contributed by atoms with van der Waals surface area (Å²) in [6.07, 6.45) is 5.84. The van der Waals surface area contributed by atoms with Gasteiger partial charge in [-0.2, -0.15) is 0 Å². The predicted octanol–water partition coefficient (Wildman–Crippen LogP) is 0.728. The van der Waals surface area contributed by atoms with Crippen LogP contribution < -0.4 is 0 Å². The fraction of sp³-hybridized carbons (Fsp3) is 0.636. The molecule has 4 nitrogen and oxygen atoms in total. The molecule has 0 spiro atoms. The Balaban J connectivity index is 2.37. The molecule has 0 unspecified atom stereocenters. The van der Waals surface area contributed by atoms with Crippen LogP contribution in [0.1, 0.15) is 19.3 Å². The number of carbonyl (C=O) groups is 2. The van der Waals surface area contributed by atoms with Gasteiger partial charge in [-0.1, -0.05) is 12.2 Å². The molecule has 1 fully saturated rings. The third-order valence-corrected chi connectivity index (χ3v) is 3.26. The third-order valence-electron chi connectivity index (χ3n) is 3.26. The zero-order chi connectivity index (χ0) is 10.9. The summed E-state index contributed by atoms with van der Waals surface area (Å²) in [4.78, 5) is 25.6. The molecule has 0 aromatic rings. The SMILES string of the molecule is COC(=O)[C@@]12CC=CCN(CCC1)C2=O. The molecular weight excluding hydrogens is 194 g/mol. The van der Waals surface area contributed by atoms with Crippen molar-refractivity contribution in [2.45, 2.75) is 19.3 Å². The van der Waals surface area contributed by atoms with Crippen molar-refractivity contribution in [2.75, 3.05) is 20.2 Å². The Morgan fingerprint density at radius 3 is 3.07 bits per heavy atom. The van der Waals surface area contributed by atoms with Gasteiger partial charge in [-0.15, -0.1) is 0 Å². The van der Waals surface area contributed by atoms with Gasteiger partial charge in [-0.3, -0.25) is 9.59 Å². The summed E-state index contributed by atoms with van der Waals surface area (Å²) in [5.74, 6) is -0.450. The van der Waals surface area contributed by atoms with Crippen LogP contribution in [0.4, 0.5) is 0 Å². The first-order chi connectivity index (χ1) is 7.20. The molecule has 0 N–H and O–H groups in total. The van der Waals surface area contributed by atoms with Crippen molar-refractivity contribution in [3.63, 3.8) is 0 Å². The first kappa shape index (κ1) is 10.2. The standard InChI is InChI=1S/C11H15NO3/c1-15-10(14)11-5-2-3-7-12(9(11)13)8-4-6-11/h2-3H,4-8H2,1H3/t11-/m0/s1. The zero-order valence-electron chi connectivity index (χ0n) is 8.86. The van der Waals surface area contributed by atoms with Crippen LogP contribution in [0.2, 0.25) is 0 Å². The van der Waals surface area contributed by atoms with E-state index in [1.807, 2.05) is 12.2 Å². The summed E-state index contributed by atoms with van der Waals surface area (Å²) in [6, 6.07) is 0. The minimum Gasteiger partial charge on any atom is -0.468 e. The van der Waals surface area contributed by atoms with Gasteiger partial charge in [0.1, 0.15) is 5.41 Å². The topological polar surface area (TPSA) is 46.6 Å². The van der Waals surface area contributed by atoms with Crippen molar-refractivity contribution in [1.82, 2.24) is 4.90 Å². The van der Waals surface area contributed by atoms with Crippen molar-refractivity contribution in [3.8, 4) is 0 Å². The summed E-state index contributed by atoms with van der Waals surface area (Å²) < 4.78 is 4.77. The Bertz CT molecular complexity index is 324. The molecule has 2 heterocycles. The lowest BCUT2D eigenvalue weighted by molar-refractivity contribution is -0.166. The monoisotopic (exact) mass is 209 g/mol. The van der Waals surface area contributed by atoms with E-state index in [9.17, 15) is 9.59 Å². The predicted molar refractivity (Wildman–Crippen MR) is 54.0 cm³/mol. The lowest BCUT2D eigenvalue weighted by Gasteiger charge is -2.37. The van der Waals surface area contributed by atoms with E-state index in [2.05, 4.69) is 0 Å². The lowest BCUT2D eigenvalue weighted by atomic mass is 9.77. The van der Waals surface area contributed by atoms with Crippen molar-refractivity contribution < 1.29 is 14.3 Å². The molecule has 2 aliphatic rings. The number of nitrogens with zero attached hydrogens (tertiary/aromatic N) is 1. The summed E-state index contributed by atoms with van der Waals surface area (Å²) in [5.41, 5.74) is -0.931. The van der Waals surface area contributed by atoms with Gasteiger partial charge in [-0.05, 0) is 19.3 Å². The van der Waals surface area contributed by atoms with E-state index in [1.54, 1.807) is 4.90 Å². The molecule has 2 rings (SSSR count). The van der Waals surface area contributed by atoms with E-state index >= 15 is 0 Å². The molecule has 1 atom stereocenters. The Morgan fingerprint density at radius 1 is 1.53 bits per heavy atom. The van der Waals surface area contributed by atoms with Crippen LogP contribution in [0.15, 0.2) is 12.2 Å². The molecule has 0 radical (unpaired) electrons. The summed E-state index contributed by atoms with van der Waals surface area (Å²) in [5, 5.41) is 0. The normalized spacial score (nSPS) is 29.9. The van der Waals surface area contributed by atoms with Crippen LogP contribution in [-0.4, -0.2) is 37.0 Å². The summed E-state index contributed by atoms with van der Waals surface area (Å²) >= 11 is 0. The maximum absolute atomic E-state index is 12.1. The van der Waals surface area contributed by atoms with Crippen molar-refractivity contribution in [2.24, 2.45) is 5.41 Å². The van der Waals surface area contributed by atoms with E-state index < -0.39 is 5.41 Å². The second-order valence-corrected chi connectivity index (χ2v) is 4.10. The number of methoxy groups -OCH3 is 1. The number of hydrogen-bond donors (Lipinski definition) is 0. The van der Waals surface area contributed by atoms with Crippen LogP contribution in [-0.2, 0) is 14.3 Å². The highest BCUT2D eigenvalue weighted by Gasteiger charge is 2.50. The quantitative estimate of drug-likeness (QED) is 0.363. The van der Waals surface area contributed by atoms with Crippen LogP contribution in [0.5, 0.6) is 0 Å². The zero-order valence-corrected chi connectivity index (χ0v) is 8.86. The van der Waals surface area contributed by atoms with Crippen molar-refractivity contribution >= 4 is 11.9 Å². The average molecular weight is 209 g/mol. The molecule has 2 aliphatic heterocycles. The number of allylic oxidation sites excluding steroid dienone is 1. The largest absolute Gasteiger partial charge is 0.468 e. The van der Waals surface area contributed by atoms with E-state index in [4.69, 9.17) is 4.74 Å². The van der Waals surface area contributed by atoms with Gasteiger partial charge in [-0.25, -0.2) is 0 Å². The van der Waals surface area contributed by atoms with E-state index in [0.717, 1.165) is 13.0 Å². The van der Waals surface area contributed by atoms with Crippen LogP contribution in [0.25, 0.3) is 0 Å². The Kier molecular flexibility index (Phi) is 2.50. The van der Waals surface area contributed by atoms with Gasteiger partial charge in [0.05, 0.1) is 7.11 Å². The minimum atomic E-state index is -0.931. The van der Waals surface area contributed by atoms with Crippen LogP contribution >= 0.6 is 0 Å². The third kappa shape index (κ3) is 1.44. The number of piperidine rings is 1. The van der Waals surface area contributed by atoms with Gasteiger partial charge in [0, 0.05) is 13.1 Å². The molecule has 0 aromatic heterocycles. The van der Waals surface area contributed by atoms with Crippen LogP contribution in [0, 0.1) is 5.41 Å². The Labute approximate surface area is 88.9 Å². The highest BCUT2D eigenvalue weighted by atomic mass is 16.5. The number of rotatable bonds is 1. The first-order valence-electron chi connectivity index (χ1n) is 5.23. The molecular formula is C11H15NO3. The molecule has 1 saturated heterocycles. The molecule has 82 valence electrons. The molecule has 0 aromatic carbocycles. The maximum atomic E-state index is 12.1. The van der Waals surface area contributed by atoms with Gasteiger partial charge >= 0.3 is 5.97 Å². The number of hydrogen-bond acceptors (Lipinski definition) is 3. The van der Waals surface area contributed by atoms with E-state index in [0.29, 0.717) is 19.4 Å². The van der Waals surface area contributed by atoms with Crippen molar-refractivity contribution in [1.29, 1.82) is 0 Å². The number of fused-ring (bicyclic) bond motifs is 2. The van der Waals surface area contributed by atoms with Gasteiger partial charge in [0.15, 0.2) is 0 Å². The summed E-state index contributed by atoms with van der Waals surface area (Å²) in [6.45, 7) is 1.37. The highest BCUT2D eigenvalue weighted by Crippen LogP contribution is 2.37. The molecule has 15 heavy (non-hydrogen) atoms. The molecule has 1 amide bonds. The molecule has 0 aliphatic carbocycles. The second kappa shape index (κ2) is 3.68. The maximum Gasteiger partial charge on any atom is 0.321 e.